The zero-order valence-corrected chi connectivity index (χ0v) is 14.3. The van der Waals surface area contributed by atoms with Crippen LogP contribution in [0.2, 0.25) is 4.34 Å². The highest BCUT2D eigenvalue weighted by Crippen LogP contribution is 2.27. The van der Waals surface area contributed by atoms with Crippen molar-refractivity contribution in [2.45, 2.75) is 19.4 Å². The Morgan fingerprint density at radius 2 is 2.17 bits per heavy atom. The van der Waals surface area contributed by atoms with E-state index in [4.69, 9.17) is 22.2 Å². The first-order chi connectivity index (χ1) is 11.4. The lowest BCUT2D eigenvalue weighted by Crippen LogP contribution is -2.28. The number of carbonyl (C=O) groups excluding carboxylic acids is 2. The van der Waals surface area contributed by atoms with Crippen molar-refractivity contribution in [1.82, 2.24) is 0 Å². The molecule has 0 unspecified atom stereocenters. The molecule has 1 atom stereocenters. The second-order valence-corrected chi connectivity index (χ2v) is 7.04. The van der Waals surface area contributed by atoms with E-state index in [9.17, 15) is 9.59 Å². The molecule has 0 spiro atoms. The van der Waals surface area contributed by atoms with Gasteiger partial charge in [-0.05, 0) is 42.8 Å². The van der Waals surface area contributed by atoms with Gasteiger partial charge in [-0.3, -0.25) is 9.59 Å². The maximum Gasteiger partial charge on any atom is 0.268 e. The second kappa shape index (κ2) is 6.62. The van der Waals surface area contributed by atoms with Gasteiger partial charge in [0.2, 0.25) is 12.0 Å². The zero-order valence-electron chi connectivity index (χ0n) is 12.7. The molecule has 0 radical (unpaired) electrons. The molecule has 24 heavy (non-hydrogen) atoms. The van der Waals surface area contributed by atoms with Gasteiger partial charge in [-0.25, -0.2) is 0 Å². The van der Waals surface area contributed by atoms with Crippen LogP contribution >= 0.6 is 22.9 Å². The highest BCUT2D eigenvalue weighted by Gasteiger charge is 2.29. The minimum absolute atomic E-state index is 0.300. The number of rotatable bonds is 4. The molecular formula is C16H14ClN3O3S. The first-order valence-electron chi connectivity index (χ1n) is 7.14. The molecular weight excluding hydrogens is 350 g/mol. The average Bonchev–Trinajstić information content (AvgIpc) is 3.17. The number of amides is 2. The van der Waals surface area contributed by atoms with E-state index in [2.05, 4.69) is 10.5 Å². The van der Waals surface area contributed by atoms with Crippen LogP contribution in [0.3, 0.4) is 0 Å². The van der Waals surface area contributed by atoms with E-state index in [1.165, 1.54) is 11.3 Å². The summed E-state index contributed by atoms with van der Waals surface area (Å²) < 4.78 is 0.658. The fourth-order valence-electron chi connectivity index (χ4n) is 2.30. The van der Waals surface area contributed by atoms with Crippen molar-refractivity contribution in [1.29, 1.82) is 0 Å². The van der Waals surface area contributed by atoms with Crippen LogP contribution in [0.15, 0.2) is 35.5 Å². The fraction of sp³-hybridized carbons (Fsp3) is 0.188. The maximum absolute atomic E-state index is 12.3. The first kappa shape index (κ1) is 16.5. The van der Waals surface area contributed by atoms with Crippen LogP contribution in [0, 0.1) is 6.92 Å². The second-order valence-electron chi connectivity index (χ2n) is 5.32. The van der Waals surface area contributed by atoms with Gasteiger partial charge < -0.3 is 15.9 Å². The summed E-state index contributed by atoms with van der Waals surface area (Å²) in [5, 5.41) is 6.75. The number of carbonyl (C=O) groups is 2. The van der Waals surface area contributed by atoms with Gasteiger partial charge in [-0.15, -0.1) is 11.3 Å². The van der Waals surface area contributed by atoms with Crippen LogP contribution < -0.4 is 11.1 Å². The quantitative estimate of drug-likeness (QED) is 0.874. The van der Waals surface area contributed by atoms with Crippen molar-refractivity contribution in [3.8, 4) is 0 Å². The predicted octanol–water partition coefficient (Wildman–Crippen LogP) is 2.94. The van der Waals surface area contributed by atoms with Gasteiger partial charge in [0, 0.05) is 17.7 Å². The number of nitrogens with zero attached hydrogens (tertiary/aromatic N) is 1. The number of thiophene rings is 1. The van der Waals surface area contributed by atoms with E-state index in [1.54, 1.807) is 31.2 Å². The van der Waals surface area contributed by atoms with Gasteiger partial charge in [0.15, 0.2) is 0 Å². The first-order valence-corrected chi connectivity index (χ1v) is 8.33. The highest BCUT2D eigenvalue weighted by molar-refractivity contribution is 7.18. The summed E-state index contributed by atoms with van der Waals surface area (Å²) in [6, 6.07) is 8.46. The van der Waals surface area contributed by atoms with Gasteiger partial charge in [0.1, 0.15) is 5.71 Å². The Bertz CT molecular complexity index is 847. The normalized spacial score (nSPS) is 16.4. The summed E-state index contributed by atoms with van der Waals surface area (Å²) in [5.41, 5.74) is 7.67. The van der Waals surface area contributed by atoms with Gasteiger partial charge in [-0.1, -0.05) is 16.8 Å². The van der Waals surface area contributed by atoms with E-state index in [1.807, 2.05) is 6.07 Å². The summed E-state index contributed by atoms with van der Waals surface area (Å²) in [4.78, 5) is 29.6. The summed E-state index contributed by atoms with van der Waals surface area (Å²) in [5.74, 6) is -0.811. The van der Waals surface area contributed by atoms with Crippen LogP contribution in [-0.4, -0.2) is 23.6 Å². The molecule has 1 aromatic carbocycles. The van der Waals surface area contributed by atoms with Gasteiger partial charge in [0.25, 0.3) is 5.91 Å². The Balaban J connectivity index is 1.65. The molecule has 0 fully saturated rings. The van der Waals surface area contributed by atoms with Crippen molar-refractivity contribution in [2.75, 3.05) is 5.32 Å². The molecule has 8 heteroatoms. The van der Waals surface area contributed by atoms with Crippen LogP contribution in [0.1, 0.15) is 27.2 Å². The van der Waals surface area contributed by atoms with Crippen LogP contribution in [0.4, 0.5) is 5.69 Å². The number of anilines is 1. The molecule has 0 aliphatic carbocycles. The van der Waals surface area contributed by atoms with E-state index in [0.29, 0.717) is 27.7 Å². The lowest BCUT2D eigenvalue weighted by Gasteiger charge is -2.12. The zero-order chi connectivity index (χ0) is 17.3. The Kier molecular flexibility index (Phi) is 4.55. The van der Waals surface area contributed by atoms with E-state index in [-0.39, 0.29) is 5.91 Å². The Hall–Kier alpha value is -2.38. The largest absolute Gasteiger partial charge is 0.382 e. The number of primary amides is 1. The molecule has 1 aliphatic heterocycles. The highest BCUT2D eigenvalue weighted by atomic mass is 35.5. The Labute approximate surface area is 147 Å². The third-order valence-corrected chi connectivity index (χ3v) is 4.87. The Morgan fingerprint density at radius 3 is 2.79 bits per heavy atom. The number of hydrogen-bond donors (Lipinski definition) is 2. The standard InChI is InChI=1S/C16H14ClN3O3S/c1-8-6-9(15(18)21)2-3-10(8)19-16(22)12-7-11(20-23-12)13-4-5-14(17)24-13/h2-6,12H,7H2,1H3,(H2,18,21)(H,19,22)/t12-/m1/s1. The number of halogens is 1. The van der Waals surface area contributed by atoms with Crippen molar-refractivity contribution in [2.24, 2.45) is 10.9 Å². The predicted molar refractivity (Wildman–Crippen MR) is 93.7 cm³/mol. The lowest BCUT2D eigenvalue weighted by atomic mass is 10.1. The van der Waals surface area contributed by atoms with Gasteiger partial charge >= 0.3 is 0 Å². The minimum Gasteiger partial charge on any atom is -0.382 e. The molecule has 1 aromatic heterocycles. The van der Waals surface area contributed by atoms with Crippen LogP contribution in [0.5, 0.6) is 0 Å². The SMILES string of the molecule is Cc1cc(C(N)=O)ccc1NC(=O)[C@H]1CC(c2ccc(Cl)s2)=NO1. The number of aryl methyl sites for hydroxylation is 1. The molecule has 1 aliphatic rings. The van der Waals surface area contributed by atoms with Crippen molar-refractivity contribution >= 4 is 46.2 Å². The molecule has 0 saturated heterocycles. The van der Waals surface area contributed by atoms with E-state index >= 15 is 0 Å². The number of hydrogen-bond acceptors (Lipinski definition) is 5. The average molecular weight is 364 g/mol. The number of nitrogens with two attached hydrogens (primary N) is 1. The minimum atomic E-state index is -0.698. The summed E-state index contributed by atoms with van der Waals surface area (Å²) >= 11 is 7.30. The smallest absolute Gasteiger partial charge is 0.268 e. The molecule has 124 valence electrons. The maximum atomic E-state index is 12.3. The number of benzene rings is 1. The molecule has 3 N–H and O–H groups in total. The summed E-state index contributed by atoms with van der Waals surface area (Å²) in [6.45, 7) is 1.78. The Morgan fingerprint density at radius 1 is 1.38 bits per heavy atom. The van der Waals surface area contributed by atoms with Crippen molar-refractivity contribution in [3.05, 3.63) is 50.7 Å². The molecule has 3 rings (SSSR count). The van der Waals surface area contributed by atoms with Crippen molar-refractivity contribution < 1.29 is 14.4 Å². The third kappa shape index (κ3) is 3.42. The molecule has 2 amide bonds. The molecule has 6 nitrogen and oxygen atoms in total. The lowest BCUT2D eigenvalue weighted by molar-refractivity contribution is -0.125. The number of oxime groups is 1. The molecule has 2 heterocycles. The van der Waals surface area contributed by atoms with Gasteiger partial charge in [-0.2, -0.15) is 0 Å². The van der Waals surface area contributed by atoms with Crippen LogP contribution in [-0.2, 0) is 9.63 Å². The fourth-order valence-corrected chi connectivity index (χ4v) is 3.34. The topological polar surface area (TPSA) is 93.8 Å². The third-order valence-electron chi connectivity index (χ3n) is 3.59. The molecule has 0 bridgehead atoms. The monoisotopic (exact) mass is 363 g/mol. The van der Waals surface area contributed by atoms with E-state index < -0.39 is 12.0 Å². The van der Waals surface area contributed by atoms with E-state index in [0.717, 1.165) is 10.4 Å². The van der Waals surface area contributed by atoms with Crippen molar-refractivity contribution in [3.63, 3.8) is 0 Å². The van der Waals surface area contributed by atoms with Crippen LogP contribution in [0.25, 0.3) is 0 Å². The summed E-state index contributed by atoms with van der Waals surface area (Å²) in [7, 11) is 0. The molecule has 0 saturated carbocycles. The molecule has 2 aromatic rings. The van der Waals surface area contributed by atoms with Gasteiger partial charge in [0.05, 0.1) is 9.21 Å². The summed E-state index contributed by atoms with van der Waals surface area (Å²) in [6.07, 6.45) is -0.322. The number of nitrogens with one attached hydrogen (secondary N) is 1.